The second-order valence-electron chi connectivity index (χ2n) is 4.41. The Morgan fingerprint density at radius 3 is 2.74 bits per heavy atom. The lowest BCUT2D eigenvalue weighted by Crippen LogP contribution is -2.28. The third kappa shape index (κ3) is 7.61. The lowest BCUT2D eigenvalue weighted by molar-refractivity contribution is 0.574. The highest BCUT2D eigenvalue weighted by Gasteiger charge is 2.09. The van der Waals surface area contributed by atoms with Crippen LogP contribution in [0.15, 0.2) is 5.38 Å². The molecule has 1 rings (SSSR count). The van der Waals surface area contributed by atoms with E-state index in [4.69, 9.17) is 0 Å². The molecular weight excluding hydrogens is 282 g/mol. The Labute approximate surface area is 119 Å². The summed E-state index contributed by atoms with van der Waals surface area (Å²) >= 11 is 1.57. The van der Waals surface area contributed by atoms with Crippen LogP contribution in [-0.4, -0.2) is 38.8 Å². The molecule has 0 atom stereocenters. The number of aryl methyl sites for hydroxylation is 1. The molecule has 0 bridgehead atoms. The Morgan fingerprint density at radius 1 is 1.32 bits per heavy atom. The minimum atomic E-state index is -3.13. The highest BCUT2D eigenvalue weighted by atomic mass is 32.2. The van der Waals surface area contributed by atoms with Gasteiger partial charge in [0.1, 0.15) is 0 Å². The second kappa shape index (κ2) is 8.63. The summed E-state index contributed by atoms with van der Waals surface area (Å²) in [6.07, 6.45) is 2.24. The molecule has 19 heavy (non-hydrogen) atoms. The van der Waals surface area contributed by atoms with Crippen molar-refractivity contribution in [2.24, 2.45) is 0 Å². The first-order valence-corrected chi connectivity index (χ1v) is 9.16. The van der Waals surface area contributed by atoms with Crippen LogP contribution in [-0.2, 0) is 16.4 Å². The van der Waals surface area contributed by atoms with Gasteiger partial charge in [0.15, 0.2) is 0 Å². The van der Waals surface area contributed by atoms with Gasteiger partial charge in [-0.3, -0.25) is 0 Å². The zero-order valence-electron chi connectivity index (χ0n) is 11.6. The minimum Gasteiger partial charge on any atom is -0.317 e. The zero-order valence-corrected chi connectivity index (χ0v) is 13.2. The second-order valence-corrected chi connectivity index (χ2v) is 7.28. The third-order valence-corrected chi connectivity index (χ3v) is 5.09. The standard InChI is InChI=1S/C12H23N3O2S2/c1-3-13-7-4-5-9-19(16,17)14-8-6-12-15-11(2)10-18-12/h10,13-14H,3-9H2,1-2H3. The van der Waals surface area contributed by atoms with E-state index in [1.165, 1.54) is 0 Å². The maximum Gasteiger partial charge on any atom is 0.211 e. The molecule has 0 unspecified atom stereocenters. The third-order valence-electron chi connectivity index (χ3n) is 2.59. The molecular formula is C12H23N3O2S2. The normalized spacial score (nSPS) is 11.9. The summed E-state index contributed by atoms with van der Waals surface area (Å²) < 4.78 is 26.0. The summed E-state index contributed by atoms with van der Waals surface area (Å²) in [5, 5.41) is 6.14. The first-order chi connectivity index (χ1) is 9.03. The van der Waals surface area contributed by atoms with Crippen molar-refractivity contribution in [3.05, 3.63) is 16.1 Å². The summed E-state index contributed by atoms with van der Waals surface area (Å²) in [4.78, 5) is 4.30. The van der Waals surface area contributed by atoms with E-state index >= 15 is 0 Å². The van der Waals surface area contributed by atoms with E-state index in [0.717, 1.165) is 30.2 Å². The predicted octanol–water partition coefficient (Wildman–Crippen LogP) is 1.30. The molecule has 0 aliphatic carbocycles. The van der Waals surface area contributed by atoms with Gasteiger partial charge in [-0.1, -0.05) is 6.92 Å². The molecule has 0 amide bonds. The highest BCUT2D eigenvalue weighted by molar-refractivity contribution is 7.89. The number of nitrogens with zero attached hydrogens (tertiary/aromatic N) is 1. The molecule has 0 saturated heterocycles. The van der Waals surface area contributed by atoms with Crippen LogP contribution in [0.3, 0.4) is 0 Å². The number of thiazole rings is 1. The smallest absolute Gasteiger partial charge is 0.211 e. The van der Waals surface area contributed by atoms with Gasteiger partial charge < -0.3 is 5.32 Å². The van der Waals surface area contributed by atoms with Crippen LogP contribution in [0.1, 0.15) is 30.5 Å². The largest absolute Gasteiger partial charge is 0.317 e. The van der Waals surface area contributed by atoms with E-state index in [2.05, 4.69) is 15.0 Å². The molecule has 0 aromatic carbocycles. The summed E-state index contributed by atoms with van der Waals surface area (Å²) in [6.45, 7) is 6.22. The number of unbranched alkanes of at least 4 members (excludes halogenated alkanes) is 1. The molecule has 0 aliphatic heterocycles. The predicted molar refractivity (Wildman–Crippen MR) is 80.1 cm³/mol. The molecule has 0 saturated carbocycles. The molecule has 1 aromatic heterocycles. The van der Waals surface area contributed by atoms with Crippen LogP contribution in [0.5, 0.6) is 0 Å². The van der Waals surface area contributed by atoms with Crippen molar-refractivity contribution in [3.63, 3.8) is 0 Å². The molecule has 7 heteroatoms. The minimum absolute atomic E-state index is 0.204. The van der Waals surface area contributed by atoms with Gasteiger partial charge in [-0.05, 0) is 32.9 Å². The number of rotatable bonds is 10. The molecule has 2 N–H and O–H groups in total. The number of hydrogen-bond donors (Lipinski definition) is 2. The number of hydrogen-bond acceptors (Lipinski definition) is 5. The fourth-order valence-corrected chi connectivity index (χ4v) is 3.54. The Kier molecular flexibility index (Phi) is 7.52. The number of nitrogens with one attached hydrogen (secondary N) is 2. The molecule has 0 radical (unpaired) electrons. The van der Waals surface area contributed by atoms with Gasteiger partial charge in [0, 0.05) is 24.0 Å². The van der Waals surface area contributed by atoms with Crippen LogP contribution in [0.4, 0.5) is 0 Å². The zero-order chi connectivity index (χ0) is 14.1. The molecule has 0 fully saturated rings. The van der Waals surface area contributed by atoms with Crippen molar-refractivity contribution >= 4 is 21.4 Å². The summed E-state index contributed by atoms with van der Waals surface area (Å²) in [7, 11) is -3.13. The van der Waals surface area contributed by atoms with Crippen LogP contribution in [0, 0.1) is 6.92 Å². The highest BCUT2D eigenvalue weighted by Crippen LogP contribution is 2.08. The monoisotopic (exact) mass is 305 g/mol. The quantitative estimate of drug-likeness (QED) is 0.639. The van der Waals surface area contributed by atoms with E-state index in [1.807, 2.05) is 19.2 Å². The van der Waals surface area contributed by atoms with Crippen molar-refractivity contribution in [2.45, 2.75) is 33.1 Å². The Bertz CT molecular complexity index is 457. The topological polar surface area (TPSA) is 71.1 Å². The Morgan fingerprint density at radius 2 is 2.11 bits per heavy atom. The van der Waals surface area contributed by atoms with E-state index in [1.54, 1.807) is 11.3 Å². The molecule has 110 valence electrons. The van der Waals surface area contributed by atoms with Gasteiger partial charge in [-0.25, -0.2) is 18.1 Å². The molecule has 5 nitrogen and oxygen atoms in total. The van der Waals surface area contributed by atoms with Crippen molar-refractivity contribution in [1.29, 1.82) is 0 Å². The number of sulfonamides is 1. The van der Waals surface area contributed by atoms with Crippen molar-refractivity contribution < 1.29 is 8.42 Å². The molecule has 1 heterocycles. The van der Waals surface area contributed by atoms with Gasteiger partial charge in [-0.2, -0.15) is 0 Å². The van der Waals surface area contributed by atoms with Gasteiger partial charge in [0.25, 0.3) is 0 Å². The van der Waals surface area contributed by atoms with Crippen LogP contribution < -0.4 is 10.0 Å². The van der Waals surface area contributed by atoms with Gasteiger partial charge in [-0.15, -0.1) is 11.3 Å². The number of aromatic nitrogens is 1. The summed E-state index contributed by atoms with van der Waals surface area (Å²) in [5.41, 5.74) is 0.992. The van der Waals surface area contributed by atoms with E-state index in [0.29, 0.717) is 19.4 Å². The lowest BCUT2D eigenvalue weighted by atomic mass is 10.3. The van der Waals surface area contributed by atoms with E-state index in [-0.39, 0.29) is 5.75 Å². The maximum absolute atomic E-state index is 11.7. The molecule has 1 aromatic rings. The Balaban J connectivity index is 2.16. The Hall–Kier alpha value is -0.500. The van der Waals surface area contributed by atoms with Crippen LogP contribution in [0.2, 0.25) is 0 Å². The van der Waals surface area contributed by atoms with E-state index < -0.39 is 10.0 Å². The van der Waals surface area contributed by atoms with Crippen LogP contribution in [0.25, 0.3) is 0 Å². The SMILES string of the molecule is CCNCCCCS(=O)(=O)NCCc1nc(C)cs1. The fourth-order valence-electron chi connectivity index (χ4n) is 1.62. The van der Waals surface area contributed by atoms with Gasteiger partial charge in [0.2, 0.25) is 10.0 Å². The van der Waals surface area contributed by atoms with Gasteiger partial charge >= 0.3 is 0 Å². The summed E-state index contributed by atoms with van der Waals surface area (Å²) in [5.74, 6) is 0.204. The average molecular weight is 305 g/mol. The van der Waals surface area contributed by atoms with Gasteiger partial charge in [0.05, 0.1) is 10.8 Å². The maximum atomic E-state index is 11.7. The van der Waals surface area contributed by atoms with E-state index in [9.17, 15) is 8.42 Å². The van der Waals surface area contributed by atoms with Crippen molar-refractivity contribution in [1.82, 2.24) is 15.0 Å². The van der Waals surface area contributed by atoms with Crippen molar-refractivity contribution in [2.75, 3.05) is 25.4 Å². The molecule has 0 aliphatic rings. The average Bonchev–Trinajstić information content (AvgIpc) is 2.74. The first-order valence-electron chi connectivity index (χ1n) is 6.62. The van der Waals surface area contributed by atoms with Crippen LogP contribution >= 0.6 is 11.3 Å². The van der Waals surface area contributed by atoms with Crippen molar-refractivity contribution in [3.8, 4) is 0 Å². The lowest BCUT2D eigenvalue weighted by Gasteiger charge is -2.06. The fraction of sp³-hybridized carbons (Fsp3) is 0.750. The first kappa shape index (κ1) is 16.6. The molecule has 0 spiro atoms. The summed E-state index contributed by atoms with van der Waals surface area (Å²) in [6, 6.07) is 0.